The number of hydrogen-bond acceptors (Lipinski definition) is 5. The molecule has 0 saturated carbocycles. The molecule has 0 bridgehead atoms. The van der Waals surface area contributed by atoms with Gasteiger partial charge in [0, 0.05) is 37.0 Å². The van der Waals surface area contributed by atoms with Crippen LogP contribution in [0.15, 0.2) is 22.9 Å². The van der Waals surface area contributed by atoms with Crippen molar-refractivity contribution in [1.29, 1.82) is 0 Å². The van der Waals surface area contributed by atoms with Crippen molar-refractivity contribution in [3.05, 3.63) is 41.3 Å². The van der Waals surface area contributed by atoms with Crippen LogP contribution in [-0.2, 0) is 0 Å². The summed E-state index contributed by atoms with van der Waals surface area (Å²) < 4.78 is 5.19. The number of amides is 1. The lowest BCUT2D eigenvalue weighted by molar-refractivity contribution is 0.0749. The number of aromatic nitrogens is 3. The van der Waals surface area contributed by atoms with Crippen molar-refractivity contribution >= 4 is 5.91 Å². The van der Waals surface area contributed by atoms with E-state index < -0.39 is 0 Å². The van der Waals surface area contributed by atoms with Gasteiger partial charge < -0.3 is 9.42 Å². The maximum atomic E-state index is 12.5. The molecule has 2 aromatic heterocycles. The van der Waals surface area contributed by atoms with Crippen LogP contribution in [-0.4, -0.2) is 39.0 Å². The molecule has 0 aromatic carbocycles. The fourth-order valence-electron chi connectivity index (χ4n) is 2.64. The number of carbonyl (C=O) groups is 1. The molecule has 22 heavy (non-hydrogen) atoms. The molecule has 1 fully saturated rings. The van der Waals surface area contributed by atoms with E-state index in [0.29, 0.717) is 18.8 Å². The second kappa shape index (κ2) is 5.87. The third-order valence-electron chi connectivity index (χ3n) is 3.98. The zero-order valence-electron chi connectivity index (χ0n) is 13.1. The molecule has 0 radical (unpaired) electrons. The van der Waals surface area contributed by atoms with Gasteiger partial charge in [-0.15, -0.1) is 0 Å². The van der Waals surface area contributed by atoms with E-state index in [1.165, 1.54) is 0 Å². The minimum atomic E-state index is -0.102. The van der Waals surface area contributed by atoms with Gasteiger partial charge in [0.2, 0.25) is 5.76 Å². The van der Waals surface area contributed by atoms with E-state index in [-0.39, 0.29) is 17.7 Å². The predicted octanol–water partition coefficient (Wildman–Crippen LogP) is 2.53. The van der Waals surface area contributed by atoms with Crippen LogP contribution < -0.4 is 0 Å². The molecule has 1 aliphatic heterocycles. The minimum Gasteiger partial charge on any atom is -0.351 e. The van der Waals surface area contributed by atoms with Crippen molar-refractivity contribution in [3.8, 4) is 0 Å². The van der Waals surface area contributed by atoms with Gasteiger partial charge in [-0.3, -0.25) is 4.79 Å². The van der Waals surface area contributed by atoms with Crippen LogP contribution in [0.2, 0.25) is 0 Å². The van der Waals surface area contributed by atoms with Gasteiger partial charge in [-0.1, -0.05) is 19.0 Å². The van der Waals surface area contributed by atoms with Crippen LogP contribution in [0.4, 0.5) is 0 Å². The Morgan fingerprint density at radius 2 is 2.27 bits per heavy atom. The van der Waals surface area contributed by atoms with Crippen LogP contribution in [0.3, 0.4) is 0 Å². The predicted molar refractivity (Wildman–Crippen MR) is 80.6 cm³/mol. The lowest BCUT2D eigenvalue weighted by Gasteiger charge is -2.14. The second-order valence-electron chi connectivity index (χ2n) is 6.06. The van der Waals surface area contributed by atoms with Gasteiger partial charge in [0.1, 0.15) is 5.82 Å². The van der Waals surface area contributed by atoms with Gasteiger partial charge in [0.05, 0.1) is 5.69 Å². The summed E-state index contributed by atoms with van der Waals surface area (Å²) in [5, 5.41) is 3.95. The molecular weight excluding hydrogens is 280 g/mol. The fraction of sp³-hybridized carbons (Fsp3) is 0.500. The van der Waals surface area contributed by atoms with Crippen LogP contribution in [0, 0.1) is 6.92 Å². The number of carbonyl (C=O) groups excluding carboxylic acids is 1. The standard InChI is InChI=1S/C16H20N4O2/c1-10(2)13-8-14(22-19-13)16(21)20-7-5-12(9-20)15-17-6-4-11(3)18-15/h4,6,8,10,12H,5,7,9H2,1-3H3. The summed E-state index contributed by atoms with van der Waals surface area (Å²) >= 11 is 0. The molecule has 1 unspecified atom stereocenters. The largest absolute Gasteiger partial charge is 0.351 e. The summed E-state index contributed by atoms with van der Waals surface area (Å²) in [5.74, 6) is 1.47. The Balaban J connectivity index is 1.70. The van der Waals surface area contributed by atoms with Crippen molar-refractivity contribution in [2.75, 3.05) is 13.1 Å². The molecule has 3 rings (SSSR count). The van der Waals surface area contributed by atoms with Crippen molar-refractivity contribution < 1.29 is 9.32 Å². The van der Waals surface area contributed by atoms with E-state index >= 15 is 0 Å². The molecule has 6 nitrogen and oxygen atoms in total. The van der Waals surface area contributed by atoms with Crippen molar-refractivity contribution in [3.63, 3.8) is 0 Å². The number of rotatable bonds is 3. The van der Waals surface area contributed by atoms with Crippen molar-refractivity contribution in [2.45, 2.75) is 39.0 Å². The number of aryl methyl sites for hydroxylation is 1. The lowest BCUT2D eigenvalue weighted by Crippen LogP contribution is -2.28. The quantitative estimate of drug-likeness (QED) is 0.871. The summed E-state index contributed by atoms with van der Waals surface area (Å²) in [6, 6.07) is 3.62. The topological polar surface area (TPSA) is 72.1 Å². The van der Waals surface area contributed by atoms with Gasteiger partial charge in [-0.2, -0.15) is 0 Å². The molecule has 6 heteroatoms. The third kappa shape index (κ3) is 2.86. The summed E-state index contributed by atoms with van der Waals surface area (Å²) in [7, 11) is 0. The molecule has 2 aromatic rings. The Kier molecular flexibility index (Phi) is 3.92. The number of likely N-dealkylation sites (tertiary alicyclic amines) is 1. The van der Waals surface area contributed by atoms with Gasteiger partial charge in [0.25, 0.3) is 5.91 Å². The average molecular weight is 300 g/mol. The van der Waals surface area contributed by atoms with Gasteiger partial charge in [0.15, 0.2) is 0 Å². The zero-order valence-corrected chi connectivity index (χ0v) is 13.1. The molecule has 0 N–H and O–H groups in total. The molecule has 1 aliphatic rings. The van der Waals surface area contributed by atoms with Crippen LogP contribution in [0.5, 0.6) is 0 Å². The fourth-order valence-corrected chi connectivity index (χ4v) is 2.64. The maximum absolute atomic E-state index is 12.5. The maximum Gasteiger partial charge on any atom is 0.292 e. The van der Waals surface area contributed by atoms with Gasteiger partial charge >= 0.3 is 0 Å². The SMILES string of the molecule is Cc1ccnc(C2CCN(C(=O)c3cc(C(C)C)no3)C2)n1. The van der Waals surface area contributed by atoms with Crippen LogP contribution in [0.1, 0.15) is 59.9 Å². The summed E-state index contributed by atoms with van der Waals surface area (Å²) in [6.07, 6.45) is 2.65. The van der Waals surface area contributed by atoms with E-state index in [9.17, 15) is 4.79 Å². The molecule has 1 saturated heterocycles. The first-order valence-corrected chi connectivity index (χ1v) is 7.60. The van der Waals surface area contributed by atoms with E-state index in [1.54, 1.807) is 17.2 Å². The molecule has 116 valence electrons. The Morgan fingerprint density at radius 1 is 1.45 bits per heavy atom. The first-order chi connectivity index (χ1) is 10.5. The number of hydrogen-bond donors (Lipinski definition) is 0. The highest BCUT2D eigenvalue weighted by Crippen LogP contribution is 2.26. The molecule has 0 aliphatic carbocycles. The average Bonchev–Trinajstić information content (AvgIpc) is 3.16. The summed E-state index contributed by atoms with van der Waals surface area (Å²) in [5.41, 5.74) is 1.76. The monoisotopic (exact) mass is 300 g/mol. The van der Waals surface area contributed by atoms with Crippen LogP contribution >= 0.6 is 0 Å². The second-order valence-corrected chi connectivity index (χ2v) is 6.06. The Hall–Kier alpha value is -2.24. The molecule has 0 spiro atoms. The summed E-state index contributed by atoms with van der Waals surface area (Å²) in [4.78, 5) is 23.1. The van der Waals surface area contributed by atoms with E-state index in [0.717, 1.165) is 23.6 Å². The lowest BCUT2D eigenvalue weighted by atomic mass is 10.1. The van der Waals surface area contributed by atoms with E-state index in [1.807, 2.05) is 26.8 Å². The molecular formula is C16H20N4O2. The highest BCUT2D eigenvalue weighted by Gasteiger charge is 2.31. The summed E-state index contributed by atoms with van der Waals surface area (Å²) in [6.45, 7) is 7.31. The highest BCUT2D eigenvalue weighted by atomic mass is 16.5. The van der Waals surface area contributed by atoms with Gasteiger partial charge in [-0.25, -0.2) is 9.97 Å². The normalized spacial score (nSPS) is 18.2. The Labute approximate surface area is 129 Å². The zero-order chi connectivity index (χ0) is 15.7. The third-order valence-corrected chi connectivity index (χ3v) is 3.98. The molecule has 1 amide bonds. The highest BCUT2D eigenvalue weighted by molar-refractivity contribution is 5.91. The van der Waals surface area contributed by atoms with Crippen molar-refractivity contribution in [1.82, 2.24) is 20.0 Å². The Morgan fingerprint density at radius 3 is 2.95 bits per heavy atom. The number of nitrogens with zero attached hydrogens (tertiary/aromatic N) is 4. The van der Waals surface area contributed by atoms with E-state index in [4.69, 9.17) is 4.52 Å². The van der Waals surface area contributed by atoms with E-state index in [2.05, 4.69) is 15.1 Å². The first kappa shape index (κ1) is 14.7. The smallest absolute Gasteiger partial charge is 0.292 e. The molecule has 3 heterocycles. The van der Waals surface area contributed by atoms with Crippen LogP contribution in [0.25, 0.3) is 0 Å². The van der Waals surface area contributed by atoms with Gasteiger partial charge in [-0.05, 0) is 25.3 Å². The van der Waals surface area contributed by atoms with Crippen molar-refractivity contribution in [2.24, 2.45) is 0 Å². The first-order valence-electron chi connectivity index (χ1n) is 7.60. The minimum absolute atomic E-state index is 0.102. The Bertz CT molecular complexity index is 680. The molecule has 1 atom stereocenters.